The first-order valence-electron chi connectivity index (χ1n) is 10.1. The molecular weight excluding hydrogens is 448 g/mol. The summed E-state index contributed by atoms with van der Waals surface area (Å²) in [6, 6.07) is 9.66. The Balaban J connectivity index is 1.60. The monoisotopic (exact) mass is 472 g/mol. The van der Waals surface area contributed by atoms with E-state index in [1.807, 2.05) is 0 Å². The molecule has 0 saturated heterocycles. The highest BCUT2D eigenvalue weighted by Crippen LogP contribution is 2.49. The standard InChI is InChI=1S/C22H24N4O6S/c1-30-18-8-6-16(22(32-3)9-10-22)13-19(18)33(28,29)25-20(27)17-7-5-15(21(24-17)31-2)14-26-12-4-11-23-26/h4-8,11-13H,9-10,14H2,1-3H3,(H,25,27). The maximum Gasteiger partial charge on any atom is 0.283 e. The molecule has 2 aromatic heterocycles. The van der Waals surface area contributed by atoms with Crippen LogP contribution in [0.5, 0.6) is 11.6 Å². The van der Waals surface area contributed by atoms with Gasteiger partial charge in [0, 0.05) is 25.1 Å². The Labute approximate surface area is 191 Å². The van der Waals surface area contributed by atoms with Gasteiger partial charge in [-0.3, -0.25) is 9.48 Å². The van der Waals surface area contributed by atoms with Crippen molar-refractivity contribution in [1.29, 1.82) is 0 Å². The first-order chi connectivity index (χ1) is 15.8. The lowest BCUT2D eigenvalue weighted by Gasteiger charge is -2.17. The summed E-state index contributed by atoms with van der Waals surface area (Å²) in [5.41, 5.74) is 0.788. The van der Waals surface area contributed by atoms with Gasteiger partial charge < -0.3 is 14.2 Å². The van der Waals surface area contributed by atoms with Crippen molar-refractivity contribution in [1.82, 2.24) is 19.5 Å². The SMILES string of the molecule is COc1ccc(C2(OC)CC2)cc1S(=O)(=O)NC(=O)c1ccc(Cn2cccn2)c(OC)n1. The minimum absolute atomic E-state index is 0.106. The second-order valence-electron chi connectivity index (χ2n) is 7.57. The molecule has 33 heavy (non-hydrogen) atoms. The van der Waals surface area contributed by atoms with Crippen LogP contribution in [0.1, 0.15) is 34.5 Å². The molecule has 1 aliphatic carbocycles. The third-order valence-electron chi connectivity index (χ3n) is 5.56. The number of hydrogen-bond acceptors (Lipinski definition) is 8. The van der Waals surface area contributed by atoms with E-state index in [2.05, 4.69) is 14.8 Å². The Morgan fingerprint density at radius 2 is 1.94 bits per heavy atom. The molecule has 1 fully saturated rings. The molecule has 1 aromatic carbocycles. The van der Waals surface area contributed by atoms with E-state index in [1.54, 1.807) is 48.5 Å². The van der Waals surface area contributed by atoms with Gasteiger partial charge in [-0.1, -0.05) is 6.07 Å². The van der Waals surface area contributed by atoms with Crippen LogP contribution in [0.3, 0.4) is 0 Å². The molecule has 1 amide bonds. The van der Waals surface area contributed by atoms with Gasteiger partial charge in [0.25, 0.3) is 15.9 Å². The highest BCUT2D eigenvalue weighted by molar-refractivity contribution is 7.90. The van der Waals surface area contributed by atoms with Crippen LogP contribution in [0, 0.1) is 0 Å². The van der Waals surface area contributed by atoms with Gasteiger partial charge in [0.1, 0.15) is 16.3 Å². The number of pyridine rings is 1. The van der Waals surface area contributed by atoms with Crippen LogP contribution >= 0.6 is 0 Å². The molecule has 0 aliphatic heterocycles. The number of aromatic nitrogens is 3. The molecule has 10 nitrogen and oxygen atoms in total. The lowest BCUT2D eigenvalue weighted by molar-refractivity contribution is 0.0786. The number of ether oxygens (including phenoxy) is 3. The van der Waals surface area contributed by atoms with Crippen LogP contribution in [0.15, 0.2) is 53.7 Å². The predicted molar refractivity (Wildman–Crippen MR) is 118 cm³/mol. The summed E-state index contributed by atoms with van der Waals surface area (Å²) in [6.07, 6.45) is 5.00. The zero-order valence-corrected chi connectivity index (χ0v) is 19.3. The summed E-state index contributed by atoms with van der Waals surface area (Å²) in [6.45, 7) is 0.384. The number of amides is 1. The fourth-order valence-corrected chi connectivity index (χ4v) is 4.74. The van der Waals surface area contributed by atoms with Gasteiger partial charge in [-0.05, 0) is 48.7 Å². The molecule has 11 heteroatoms. The van der Waals surface area contributed by atoms with E-state index >= 15 is 0 Å². The second kappa shape index (κ2) is 8.83. The smallest absolute Gasteiger partial charge is 0.283 e. The molecule has 3 aromatic rings. The van der Waals surface area contributed by atoms with Crippen molar-refractivity contribution in [2.24, 2.45) is 0 Å². The van der Waals surface area contributed by atoms with E-state index in [-0.39, 0.29) is 22.2 Å². The highest BCUT2D eigenvalue weighted by Gasteiger charge is 2.45. The van der Waals surface area contributed by atoms with Gasteiger partial charge in [0.05, 0.1) is 26.4 Å². The van der Waals surface area contributed by atoms with Crippen LogP contribution in [0.2, 0.25) is 0 Å². The number of sulfonamides is 1. The van der Waals surface area contributed by atoms with Gasteiger partial charge in [0.15, 0.2) is 0 Å². The molecule has 0 atom stereocenters. The maximum atomic E-state index is 13.1. The van der Waals surface area contributed by atoms with Crippen molar-refractivity contribution in [2.75, 3.05) is 21.3 Å². The third-order valence-corrected chi connectivity index (χ3v) is 6.91. The van der Waals surface area contributed by atoms with E-state index < -0.39 is 21.5 Å². The van der Waals surface area contributed by atoms with Gasteiger partial charge in [0.2, 0.25) is 5.88 Å². The summed E-state index contributed by atoms with van der Waals surface area (Å²) in [5.74, 6) is -0.573. The van der Waals surface area contributed by atoms with Crippen molar-refractivity contribution in [3.05, 3.63) is 65.6 Å². The average Bonchev–Trinajstić information content (AvgIpc) is 3.46. The van der Waals surface area contributed by atoms with E-state index in [0.717, 1.165) is 12.8 Å². The van der Waals surface area contributed by atoms with E-state index in [9.17, 15) is 13.2 Å². The number of carbonyl (C=O) groups is 1. The van der Waals surface area contributed by atoms with E-state index in [1.165, 1.54) is 26.4 Å². The fourth-order valence-electron chi connectivity index (χ4n) is 3.58. The molecule has 2 heterocycles. The first kappa shape index (κ1) is 22.7. The summed E-state index contributed by atoms with van der Waals surface area (Å²) in [4.78, 5) is 16.8. The molecule has 0 unspecified atom stereocenters. The molecule has 0 spiro atoms. The van der Waals surface area contributed by atoms with Crippen LogP contribution in [0.4, 0.5) is 0 Å². The number of benzene rings is 1. The van der Waals surface area contributed by atoms with Gasteiger partial charge in [-0.25, -0.2) is 18.1 Å². The number of carbonyl (C=O) groups excluding carboxylic acids is 1. The second-order valence-corrected chi connectivity index (χ2v) is 9.22. The average molecular weight is 473 g/mol. The summed E-state index contributed by atoms with van der Waals surface area (Å²) in [7, 11) is 0.115. The fraction of sp³-hybridized carbons (Fsp3) is 0.318. The third kappa shape index (κ3) is 4.55. The number of rotatable bonds is 9. The highest BCUT2D eigenvalue weighted by atomic mass is 32.2. The van der Waals surface area contributed by atoms with Crippen molar-refractivity contribution in [3.8, 4) is 11.6 Å². The topological polar surface area (TPSA) is 122 Å². The molecule has 0 radical (unpaired) electrons. The molecule has 174 valence electrons. The number of methoxy groups -OCH3 is 3. The Morgan fingerprint density at radius 1 is 1.15 bits per heavy atom. The van der Waals surface area contributed by atoms with Crippen LogP contribution in [-0.4, -0.2) is 50.4 Å². The predicted octanol–water partition coefficient (Wildman–Crippen LogP) is 2.10. The molecule has 1 N–H and O–H groups in total. The van der Waals surface area contributed by atoms with Crippen molar-refractivity contribution in [3.63, 3.8) is 0 Å². The Bertz CT molecular complexity index is 1270. The van der Waals surface area contributed by atoms with Crippen LogP contribution in [0.25, 0.3) is 0 Å². The molecule has 4 rings (SSSR count). The minimum Gasteiger partial charge on any atom is -0.495 e. The van der Waals surface area contributed by atoms with Gasteiger partial charge in [-0.15, -0.1) is 0 Å². The normalized spacial score (nSPS) is 14.5. The van der Waals surface area contributed by atoms with E-state index in [0.29, 0.717) is 17.7 Å². The minimum atomic E-state index is -4.26. The summed E-state index contributed by atoms with van der Waals surface area (Å²) in [5, 5.41) is 4.13. The molecular formula is C22H24N4O6S. The lowest BCUT2D eigenvalue weighted by Crippen LogP contribution is -2.32. The molecule has 0 bridgehead atoms. The van der Waals surface area contributed by atoms with Gasteiger partial charge >= 0.3 is 0 Å². The Kier molecular flexibility index (Phi) is 6.09. The number of hydrogen-bond donors (Lipinski definition) is 1. The number of nitrogens with zero attached hydrogens (tertiary/aromatic N) is 3. The summed E-state index contributed by atoms with van der Waals surface area (Å²) < 4.78 is 46.0. The van der Waals surface area contributed by atoms with Crippen LogP contribution < -0.4 is 14.2 Å². The lowest BCUT2D eigenvalue weighted by atomic mass is 10.1. The van der Waals surface area contributed by atoms with Crippen molar-refractivity contribution < 1.29 is 27.4 Å². The largest absolute Gasteiger partial charge is 0.495 e. The zero-order chi connectivity index (χ0) is 23.6. The number of nitrogens with one attached hydrogen (secondary N) is 1. The first-order valence-corrected chi connectivity index (χ1v) is 11.6. The van der Waals surface area contributed by atoms with E-state index in [4.69, 9.17) is 14.2 Å². The van der Waals surface area contributed by atoms with Crippen LogP contribution in [-0.2, 0) is 26.9 Å². The molecule has 1 saturated carbocycles. The Morgan fingerprint density at radius 3 is 2.55 bits per heavy atom. The van der Waals surface area contributed by atoms with Gasteiger partial charge in [-0.2, -0.15) is 5.10 Å². The zero-order valence-electron chi connectivity index (χ0n) is 18.4. The maximum absolute atomic E-state index is 13.1. The summed E-state index contributed by atoms with van der Waals surface area (Å²) >= 11 is 0. The van der Waals surface area contributed by atoms with Crippen molar-refractivity contribution >= 4 is 15.9 Å². The molecule has 1 aliphatic rings. The Hall–Kier alpha value is -3.44. The quantitative estimate of drug-likeness (QED) is 0.503. The van der Waals surface area contributed by atoms with Crippen molar-refractivity contribution in [2.45, 2.75) is 29.9 Å².